The summed E-state index contributed by atoms with van der Waals surface area (Å²) in [5, 5.41) is 3.16. The van der Waals surface area contributed by atoms with E-state index in [1.807, 2.05) is 25.7 Å². The molecule has 7 nitrogen and oxygen atoms in total. The maximum Gasteiger partial charge on any atom is 0.325 e. The first-order valence-electron chi connectivity index (χ1n) is 8.79. The van der Waals surface area contributed by atoms with Crippen LogP contribution in [0, 0.1) is 0 Å². The Morgan fingerprint density at radius 1 is 1.23 bits per heavy atom. The largest absolute Gasteiger partial charge is 0.459 e. The van der Waals surface area contributed by atoms with Crippen LogP contribution >= 0.6 is 0 Å². The van der Waals surface area contributed by atoms with Gasteiger partial charge >= 0.3 is 5.97 Å². The van der Waals surface area contributed by atoms with Gasteiger partial charge in [0, 0.05) is 24.3 Å². The van der Waals surface area contributed by atoms with Crippen LogP contribution in [0.15, 0.2) is 24.3 Å². The standard InChI is InChI=1S/C19H25N3O4/c1-12(23)13-6-5-7-14(8-13)21-11-22-15(17(21)24)9-20-10-16(22)18(25)26-19(2,3)4/h5-8,15-16,20H,9-11H2,1-4H3. The molecule has 0 spiro atoms. The second kappa shape index (κ2) is 6.81. The number of carbonyl (C=O) groups is 3. The van der Waals surface area contributed by atoms with Crippen LogP contribution in [-0.2, 0) is 14.3 Å². The number of ketones is 1. The van der Waals surface area contributed by atoms with Crippen LogP contribution in [0.5, 0.6) is 0 Å². The summed E-state index contributed by atoms with van der Waals surface area (Å²) in [5.41, 5.74) is 0.644. The van der Waals surface area contributed by atoms with Gasteiger partial charge in [0.05, 0.1) is 6.67 Å². The molecule has 3 rings (SSSR count). The van der Waals surface area contributed by atoms with E-state index in [-0.39, 0.29) is 17.7 Å². The second-order valence-electron chi connectivity index (χ2n) is 7.75. The van der Waals surface area contributed by atoms with E-state index < -0.39 is 17.7 Å². The van der Waals surface area contributed by atoms with Crippen LogP contribution in [0.25, 0.3) is 0 Å². The van der Waals surface area contributed by atoms with E-state index >= 15 is 0 Å². The third kappa shape index (κ3) is 3.64. The van der Waals surface area contributed by atoms with Crippen LogP contribution in [0.3, 0.4) is 0 Å². The van der Waals surface area contributed by atoms with Gasteiger partial charge < -0.3 is 10.1 Å². The number of nitrogens with zero attached hydrogens (tertiary/aromatic N) is 2. The van der Waals surface area contributed by atoms with Crippen LogP contribution in [-0.4, -0.2) is 60.0 Å². The first kappa shape index (κ1) is 18.5. The molecule has 2 fully saturated rings. The molecule has 2 aliphatic rings. The Kier molecular flexibility index (Phi) is 4.86. The lowest BCUT2D eigenvalue weighted by Crippen LogP contribution is -2.60. The molecule has 7 heteroatoms. The average Bonchev–Trinajstić information content (AvgIpc) is 2.90. The molecule has 1 amide bonds. The van der Waals surface area contributed by atoms with E-state index in [1.165, 1.54) is 6.92 Å². The van der Waals surface area contributed by atoms with Crippen molar-refractivity contribution in [3.05, 3.63) is 29.8 Å². The fourth-order valence-corrected chi connectivity index (χ4v) is 3.34. The number of Topliss-reactive ketones (excluding diaryl/α,β-unsaturated/α-hetero) is 1. The smallest absolute Gasteiger partial charge is 0.325 e. The molecule has 0 radical (unpaired) electrons. The molecule has 2 aliphatic heterocycles. The summed E-state index contributed by atoms with van der Waals surface area (Å²) in [6.07, 6.45) is 0. The maximum atomic E-state index is 12.9. The van der Waals surface area contributed by atoms with Gasteiger partial charge in [-0.15, -0.1) is 0 Å². The molecule has 0 bridgehead atoms. The highest BCUT2D eigenvalue weighted by Crippen LogP contribution is 2.28. The molecule has 2 heterocycles. The highest BCUT2D eigenvalue weighted by atomic mass is 16.6. The van der Waals surface area contributed by atoms with Crippen LogP contribution in [0.4, 0.5) is 5.69 Å². The van der Waals surface area contributed by atoms with Gasteiger partial charge in [-0.1, -0.05) is 12.1 Å². The lowest BCUT2D eigenvalue weighted by atomic mass is 10.1. The fourth-order valence-electron chi connectivity index (χ4n) is 3.34. The van der Waals surface area contributed by atoms with Gasteiger partial charge in [-0.3, -0.25) is 24.2 Å². The zero-order valence-corrected chi connectivity index (χ0v) is 15.6. The van der Waals surface area contributed by atoms with Gasteiger partial charge in [0.1, 0.15) is 17.7 Å². The summed E-state index contributed by atoms with van der Waals surface area (Å²) in [6, 6.07) is 6.08. The number of benzene rings is 1. The molecule has 2 saturated heterocycles. The highest BCUT2D eigenvalue weighted by molar-refractivity contribution is 6.02. The summed E-state index contributed by atoms with van der Waals surface area (Å²) in [6.45, 7) is 8.21. The molecule has 0 saturated carbocycles. The number of esters is 1. The average molecular weight is 359 g/mol. The number of amides is 1. The van der Waals surface area contributed by atoms with E-state index in [2.05, 4.69) is 5.32 Å². The fraction of sp³-hybridized carbons (Fsp3) is 0.526. The van der Waals surface area contributed by atoms with Gasteiger partial charge in [0.2, 0.25) is 5.91 Å². The zero-order valence-electron chi connectivity index (χ0n) is 15.6. The van der Waals surface area contributed by atoms with Crippen molar-refractivity contribution >= 4 is 23.3 Å². The van der Waals surface area contributed by atoms with Gasteiger partial charge in [-0.2, -0.15) is 0 Å². The molecule has 2 unspecified atom stereocenters. The number of hydrogen-bond donors (Lipinski definition) is 1. The number of nitrogens with one attached hydrogen (secondary N) is 1. The monoisotopic (exact) mass is 359 g/mol. The Bertz CT molecular complexity index is 741. The van der Waals surface area contributed by atoms with Crippen molar-refractivity contribution < 1.29 is 19.1 Å². The number of piperazine rings is 1. The van der Waals surface area contributed by atoms with E-state index in [9.17, 15) is 14.4 Å². The number of fused-ring (bicyclic) bond motifs is 1. The topological polar surface area (TPSA) is 79.0 Å². The summed E-state index contributed by atoms with van der Waals surface area (Å²) in [5.74, 6) is -0.460. The molecule has 26 heavy (non-hydrogen) atoms. The summed E-state index contributed by atoms with van der Waals surface area (Å²) >= 11 is 0. The lowest BCUT2D eigenvalue weighted by Gasteiger charge is -2.35. The molecule has 140 valence electrons. The molecular formula is C19H25N3O4. The SMILES string of the molecule is CC(=O)c1cccc(N2CN3C(C(=O)OC(C)(C)C)CNCC3C2=O)c1. The molecule has 1 N–H and O–H groups in total. The van der Waals surface area contributed by atoms with Crippen molar-refractivity contribution in [1.29, 1.82) is 0 Å². The Morgan fingerprint density at radius 3 is 2.62 bits per heavy atom. The predicted molar refractivity (Wildman–Crippen MR) is 96.9 cm³/mol. The summed E-state index contributed by atoms with van der Waals surface area (Å²) in [7, 11) is 0. The third-order valence-corrected chi connectivity index (χ3v) is 4.58. The minimum atomic E-state index is -0.580. The zero-order chi connectivity index (χ0) is 19.1. The third-order valence-electron chi connectivity index (χ3n) is 4.58. The van der Waals surface area contributed by atoms with Crippen molar-refractivity contribution in [2.75, 3.05) is 24.7 Å². The van der Waals surface area contributed by atoms with Gasteiger partial charge in [0.25, 0.3) is 0 Å². The minimum absolute atomic E-state index is 0.0514. The van der Waals surface area contributed by atoms with Crippen molar-refractivity contribution in [1.82, 2.24) is 10.2 Å². The molecule has 0 aromatic heterocycles. The Hall–Kier alpha value is -2.25. The van der Waals surface area contributed by atoms with Crippen molar-refractivity contribution in [2.24, 2.45) is 0 Å². The Balaban J connectivity index is 1.83. The van der Waals surface area contributed by atoms with E-state index in [1.54, 1.807) is 29.2 Å². The van der Waals surface area contributed by atoms with Gasteiger partial charge in [-0.05, 0) is 39.8 Å². The number of anilines is 1. The Labute approximate surface area is 153 Å². The normalized spacial score (nSPS) is 23.7. The van der Waals surface area contributed by atoms with Crippen LogP contribution in [0.2, 0.25) is 0 Å². The minimum Gasteiger partial charge on any atom is -0.459 e. The van der Waals surface area contributed by atoms with E-state index in [0.29, 0.717) is 31.0 Å². The quantitative estimate of drug-likeness (QED) is 0.645. The number of hydrogen-bond acceptors (Lipinski definition) is 6. The van der Waals surface area contributed by atoms with E-state index in [4.69, 9.17) is 4.74 Å². The molecular weight excluding hydrogens is 334 g/mol. The summed E-state index contributed by atoms with van der Waals surface area (Å²) in [4.78, 5) is 40.6. The first-order valence-corrected chi connectivity index (χ1v) is 8.79. The lowest BCUT2D eigenvalue weighted by molar-refractivity contribution is -0.162. The maximum absolute atomic E-state index is 12.9. The summed E-state index contributed by atoms with van der Waals surface area (Å²) < 4.78 is 5.52. The second-order valence-corrected chi connectivity index (χ2v) is 7.75. The molecule has 1 aromatic rings. The number of rotatable bonds is 3. The van der Waals surface area contributed by atoms with Gasteiger partial charge in [0.15, 0.2) is 5.78 Å². The van der Waals surface area contributed by atoms with E-state index in [0.717, 1.165) is 0 Å². The van der Waals surface area contributed by atoms with Crippen LogP contribution < -0.4 is 10.2 Å². The number of carbonyl (C=O) groups excluding carboxylic acids is 3. The van der Waals surface area contributed by atoms with Crippen molar-refractivity contribution in [3.63, 3.8) is 0 Å². The van der Waals surface area contributed by atoms with Crippen molar-refractivity contribution in [2.45, 2.75) is 45.4 Å². The van der Waals surface area contributed by atoms with Crippen LogP contribution in [0.1, 0.15) is 38.1 Å². The molecule has 1 aromatic carbocycles. The van der Waals surface area contributed by atoms with Crippen molar-refractivity contribution in [3.8, 4) is 0 Å². The Morgan fingerprint density at radius 2 is 1.96 bits per heavy atom. The number of ether oxygens (including phenoxy) is 1. The van der Waals surface area contributed by atoms with Gasteiger partial charge in [-0.25, -0.2) is 0 Å². The highest BCUT2D eigenvalue weighted by Gasteiger charge is 2.47. The predicted octanol–water partition coefficient (Wildman–Crippen LogP) is 1.18. The first-order chi connectivity index (χ1) is 12.2. The molecule has 0 aliphatic carbocycles. The molecule has 2 atom stereocenters.